The third-order valence-corrected chi connectivity index (χ3v) is 3.48. The molecule has 19 heavy (non-hydrogen) atoms. The van der Waals surface area contributed by atoms with Gasteiger partial charge in [0, 0.05) is 19.8 Å². The molecular weight excluding hydrogens is 279 g/mol. The largest absolute Gasteiger partial charge is 0.417 e. The van der Waals surface area contributed by atoms with E-state index in [1.54, 1.807) is 11.9 Å². The second kappa shape index (κ2) is 5.54. The average Bonchev–Trinajstić information content (AvgIpc) is 2.80. The van der Waals surface area contributed by atoms with E-state index in [1.807, 2.05) is 0 Å². The van der Waals surface area contributed by atoms with Gasteiger partial charge in [0.1, 0.15) is 5.82 Å². The van der Waals surface area contributed by atoms with Crippen molar-refractivity contribution < 1.29 is 13.2 Å². The first-order valence-electron chi connectivity index (χ1n) is 6.02. The maximum atomic E-state index is 12.5. The fraction of sp³-hybridized carbons (Fsp3) is 0.583. The van der Waals surface area contributed by atoms with Crippen LogP contribution in [0.1, 0.15) is 12.0 Å². The summed E-state index contributed by atoms with van der Waals surface area (Å²) < 4.78 is 37.5. The Bertz CT molecular complexity index is 444. The Balaban J connectivity index is 2.11. The van der Waals surface area contributed by atoms with Crippen LogP contribution in [-0.4, -0.2) is 31.7 Å². The Morgan fingerprint density at radius 3 is 2.79 bits per heavy atom. The number of pyridine rings is 1. The summed E-state index contributed by atoms with van der Waals surface area (Å²) in [5.74, 6) is 0.867. The molecule has 1 N–H and O–H groups in total. The van der Waals surface area contributed by atoms with Gasteiger partial charge in [0.15, 0.2) is 0 Å². The lowest BCUT2D eigenvalue weighted by molar-refractivity contribution is -0.137. The maximum absolute atomic E-state index is 12.5. The molecular formula is C12H15ClF3N3. The molecule has 0 amide bonds. The number of rotatable bonds is 3. The van der Waals surface area contributed by atoms with E-state index in [1.165, 1.54) is 0 Å². The summed E-state index contributed by atoms with van der Waals surface area (Å²) in [5, 5.41) is 3.27. The van der Waals surface area contributed by atoms with E-state index in [9.17, 15) is 13.2 Å². The van der Waals surface area contributed by atoms with E-state index in [0.29, 0.717) is 11.7 Å². The Hall–Kier alpha value is -1.01. The smallest absolute Gasteiger partial charge is 0.358 e. The predicted molar refractivity (Wildman–Crippen MR) is 68.5 cm³/mol. The summed E-state index contributed by atoms with van der Waals surface area (Å²) in [6.07, 6.45) is -2.53. The first kappa shape index (κ1) is 14.4. The van der Waals surface area contributed by atoms with Gasteiger partial charge in [-0.2, -0.15) is 13.2 Å². The number of nitrogens with zero attached hydrogens (tertiary/aromatic N) is 2. The van der Waals surface area contributed by atoms with Gasteiger partial charge in [0.2, 0.25) is 0 Å². The average molecular weight is 294 g/mol. The van der Waals surface area contributed by atoms with Crippen LogP contribution in [0.5, 0.6) is 0 Å². The van der Waals surface area contributed by atoms with E-state index < -0.39 is 11.7 Å². The fourth-order valence-corrected chi connectivity index (χ4v) is 2.52. The van der Waals surface area contributed by atoms with Crippen LogP contribution in [0.15, 0.2) is 12.3 Å². The van der Waals surface area contributed by atoms with Gasteiger partial charge >= 0.3 is 6.18 Å². The molecule has 0 bridgehead atoms. The maximum Gasteiger partial charge on any atom is 0.417 e. The van der Waals surface area contributed by atoms with Gasteiger partial charge in [-0.1, -0.05) is 11.6 Å². The second-order valence-corrected chi connectivity index (χ2v) is 5.17. The monoisotopic (exact) mass is 293 g/mol. The fourth-order valence-electron chi connectivity index (χ4n) is 2.21. The van der Waals surface area contributed by atoms with Crippen LogP contribution in [0.25, 0.3) is 0 Å². The molecule has 1 unspecified atom stereocenters. The molecule has 1 fully saturated rings. The summed E-state index contributed by atoms with van der Waals surface area (Å²) in [4.78, 5) is 5.65. The van der Waals surface area contributed by atoms with Gasteiger partial charge in [-0.05, 0) is 31.5 Å². The Kier molecular flexibility index (Phi) is 4.20. The molecule has 3 nitrogen and oxygen atoms in total. The zero-order valence-electron chi connectivity index (χ0n) is 10.5. The van der Waals surface area contributed by atoms with E-state index in [4.69, 9.17) is 11.6 Å². The zero-order chi connectivity index (χ0) is 14.0. The van der Waals surface area contributed by atoms with Crippen molar-refractivity contribution in [3.8, 4) is 0 Å². The van der Waals surface area contributed by atoms with Gasteiger partial charge in [-0.3, -0.25) is 0 Å². The highest BCUT2D eigenvalue weighted by Gasteiger charge is 2.32. The van der Waals surface area contributed by atoms with Crippen LogP contribution in [0.2, 0.25) is 5.02 Å². The standard InChI is InChI=1S/C12H15ClF3N3/c1-19(7-8-2-3-17-5-8)11-10(13)4-9(6-18-11)12(14,15)16/h4,6,8,17H,2-3,5,7H2,1H3. The molecule has 1 aromatic rings. The molecule has 0 aliphatic carbocycles. The number of halogens is 4. The van der Waals surface area contributed by atoms with E-state index in [0.717, 1.165) is 38.3 Å². The lowest BCUT2D eigenvalue weighted by atomic mass is 10.1. The normalized spacial score (nSPS) is 19.7. The van der Waals surface area contributed by atoms with Gasteiger partial charge in [-0.15, -0.1) is 0 Å². The van der Waals surface area contributed by atoms with Gasteiger partial charge in [-0.25, -0.2) is 4.98 Å². The number of hydrogen-bond acceptors (Lipinski definition) is 3. The van der Waals surface area contributed by atoms with Gasteiger partial charge in [0.25, 0.3) is 0 Å². The van der Waals surface area contributed by atoms with Crippen molar-refractivity contribution in [2.24, 2.45) is 5.92 Å². The molecule has 1 aliphatic rings. The molecule has 1 saturated heterocycles. The quantitative estimate of drug-likeness (QED) is 0.929. The van der Waals surface area contributed by atoms with Crippen molar-refractivity contribution in [1.82, 2.24) is 10.3 Å². The molecule has 2 heterocycles. The first-order chi connectivity index (χ1) is 8.88. The highest BCUT2D eigenvalue weighted by atomic mass is 35.5. The summed E-state index contributed by atoms with van der Waals surface area (Å²) >= 11 is 5.90. The third kappa shape index (κ3) is 3.51. The molecule has 1 atom stereocenters. The van der Waals surface area contributed by atoms with E-state index in [-0.39, 0.29) is 5.02 Å². The SMILES string of the molecule is CN(CC1CCNC1)c1ncc(C(F)(F)F)cc1Cl. The van der Waals surface area contributed by atoms with Crippen LogP contribution >= 0.6 is 11.6 Å². The van der Waals surface area contributed by atoms with Crippen molar-refractivity contribution in [2.45, 2.75) is 12.6 Å². The van der Waals surface area contributed by atoms with Gasteiger partial charge in [0.05, 0.1) is 10.6 Å². The summed E-state index contributed by atoms with van der Waals surface area (Å²) in [6, 6.07) is 0.924. The Morgan fingerprint density at radius 1 is 1.53 bits per heavy atom. The van der Waals surface area contributed by atoms with Crippen molar-refractivity contribution in [1.29, 1.82) is 0 Å². The van der Waals surface area contributed by atoms with Crippen molar-refractivity contribution in [3.63, 3.8) is 0 Å². The van der Waals surface area contributed by atoms with Crippen LogP contribution < -0.4 is 10.2 Å². The highest BCUT2D eigenvalue weighted by Crippen LogP contribution is 2.33. The van der Waals surface area contributed by atoms with Crippen LogP contribution in [0.4, 0.5) is 19.0 Å². The third-order valence-electron chi connectivity index (χ3n) is 3.21. The van der Waals surface area contributed by atoms with Crippen molar-refractivity contribution >= 4 is 17.4 Å². The van der Waals surface area contributed by atoms with Crippen LogP contribution in [0.3, 0.4) is 0 Å². The number of alkyl halides is 3. The van der Waals surface area contributed by atoms with Crippen molar-refractivity contribution in [2.75, 3.05) is 31.6 Å². The van der Waals surface area contributed by atoms with Crippen LogP contribution in [-0.2, 0) is 6.18 Å². The number of anilines is 1. The molecule has 1 aliphatic heterocycles. The molecule has 0 saturated carbocycles. The lowest BCUT2D eigenvalue weighted by Gasteiger charge is -2.23. The topological polar surface area (TPSA) is 28.2 Å². The second-order valence-electron chi connectivity index (χ2n) is 4.77. The number of nitrogens with one attached hydrogen (secondary N) is 1. The molecule has 0 spiro atoms. The zero-order valence-corrected chi connectivity index (χ0v) is 11.2. The lowest BCUT2D eigenvalue weighted by Crippen LogP contribution is -2.27. The van der Waals surface area contributed by atoms with Crippen molar-refractivity contribution in [3.05, 3.63) is 22.8 Å². The molecule has 1 aromatic heterocycles. The number of hydrogen-bond donors (Lipinski definition) is 1. The number of aromatic nitrogens is 1. The van der Waals surface area contributed by atoms with Gasteiger partial charge < -0.3 is 10.2 Å². The minimum absolute atomic E-state index is 0.0308. The summed E-state index contributed by atoms with van der Waals surface area (Å²) in [7, 11) is 1.79. The minimum Gasteiger partial charge on any atom is -0.358 e. The Morgan fingerprint density at radius 2 is 2.26 bits per heavy atom. The molecule has 2 rings (SSSR count). The summed E-state index contributed by atoms with van der Waals surface area (Å²) in [5.41, 5.74) is -0.822. The van der Waals surface area contributed by atoms with E-state index >= 15 is 0 Å². The molecule has 106 valence electrons. The molecule has 0 radical (unpaired) electrons. The first-order valence-corrected chi connectivity index (χ1v) is 6.40. The molecule has 0 aromatic carbocycles. The highest BCUT2D eigenvalue weighted by molar-refractivity contribution is 6.33. The molecule has 7 heteroatoms. The predicted octanol–water partition coefficient (Wildman–Crippen LogP) is 2.80. The minimum atomic E-state index is -4.41. The van der Waals surface area contributed by atoms with E-state index in [2.05, 4.69) is 10.3 Å². The summed E-state index contributed by atoms with van der Waals surface area (Å²) in [6.45, 7) is 2.63. The van der Waals surface area contributed by atoms with Crippen LogP contribution in [0, 0.1) is 5.92 Å². The Labute approximate surface area is 114 Å².